The Morgan fingerprint density at radius 3 is 2.50 bits per heavy atom. The number of hydrogen-bond donors (Lipinski definition) is 2. The lowest BCUT2D eigenvalue weighted by Crippen LogP contribution is -2.48. The maximum atomic E-state index is 13.5. The number of carbonyl (C=O) groups is 3. The number of nitrogens with one attached hydrogen (secondary N) is 2. The molecule has 2 N–H and O–H groups in total. The Kier molecular flexibility index (Phi) is 9.22. The van der Waals surface area contributed by atoms with Crippen LogP contribution in [0.3, 0.4) is 0 Å². The second-order valence-electron chi connectivity index (χ2n) is 9.26. The lowest BCUT2D eigenvalue weighted by Gasteiger charge is -2.32. The first-order valence-electron chi connectivity index (χ1n) is 12.7. The van der Waals surface area contributed by atoms with Crippen LogP contribution in [0, 0.1) is 6.92 Å². The van der Waals surface area contributed by atoms with Crippen LogP contribution in [0.25, 0.3) is 10.6 Å². The van der Waals surface area contributed by atoms with Crippen molar-refractivity contribution >= 4 is 35.1 Å². The molecular weight excluding hydrogens is 500 g/mol. The minimum absolute atomic E-state index is 0.0335. The molecule has 0 spiro atoms. The van der Waals surface area contributed by atoms with E-state index in [4.69, 9.17) is 0 Å². The summed E-state index contributed by atoms with van der Waals surface area (Å²) in [6.07, 6.45) is 0.726. The normalized spacial score (nSPS) is 12.7. The summed E-state index contributed by atoms with van der Waals surface area (Å²) in [4.78, 5) is 43.7. The Bertz CT molecular complexity index is 1270. The smallest absolute Gasteiger partial charge is 0.256 e. The second-order valence-corrected chi connectivity index (χ2v) is 10.1. The third-order valence-corrected chi connectivity index (χ3v) is 7.49. The van der Waals surface area contributed by atoms with Gasteiger partial charge in [-0.2, -0.15) is 0 Å². The molecule has 10 heteroatoms. The molecule has 0 saturated heterocycles. The van der Waals surface area contributed by atoms with Gasteiger partial charge in [-0.3, -0.25) is 19.4 Å². The summed E-state index contributed by atoms with van der Waals surface area (Å²) in [5.41, 5.74) is 5.35. The first kappa shape index (κ1) is 27.4. The highest BCUT2D eigenvalue weighted by molar-refractivity contribution is 7.13. The Labute approximate surface area is 227 Å². The van der Waals surface area contributed by atoms with E-state index in [2.05, 4.69) is 27.8 Å². The van der Waals surface area contributed by atoms with Gasteiger partial charge in [0.2, 0.25) is 5.91 Å². The number of aromatic nitrogens is 1. The number of rotatable bonds is 12. The van der Waals surface area contributed by atoms with E-state index in [0.29, 0.717) is 36.9 Å². The molecule has 200 valence electrons. The van der Waals surface area contributed by atoms with Crippen LogP contribution in [0.1, 0.15) is 34.1 Å². The molecule has 0 radical (unpaired) electrons. The largest absolute Gasteiger partial charge is 0.353 e. The average molecular weight is 535 g/mol. The highest BCUT2D eigenvalue weighted by Crippen LogP contribution is 2.30. The lowest BCUT2D eigenvalue weighted by atomic mass is 10.1. The van der Waals surface area contributed by atoms with Crippen LogP contribution in [0.4, 0.5) is 5.69 Å². The molecule has 4 rings (SSSR count). The number of amides is 2. The van der Waals surface area contributed by atoms with Crippen LogP contribution in [-0.2, 0) is 22.7 Å². The number of carbonyl (C=O) groups excluding carboxylic acids is 3. The topological polar surface area (TPSA) is 97.9 Å². The Morgan fingerprint density at radius 1 is 1.11 bits per heavy atom. The zero-order valence-electron chi connectivity index (χ0n) is 22.1. The number of fused-ring (bicyclic) bond motifs is 1. The van der Waals surface area contributed by atoms with Crippen LogP contribution < -0.4 is 15.5 Å². The number of benzene rings is 2. The summed E-state index contributed by atoms with van der Waals surface area (Å²) in [5, 5.41) is 12.2. The molecule has 1 aliphatic rings. The fourth-order valence-electron chi connectivity index (χ4n) is 4.43. The second kappa shape index (κ2) is 12.8. The quantitative estimate of drug-likeness (QED) is 0.272. The fourth-order valence-corrected chi connectivity index (χ4v) is 5.19. The van der Waals surface area contributed by atoms with Crippen molar-refractivity contribution in [1.82, 2.24) is 25.6 Å². The lowest BCUT2D eigenvalue weighted by molar-refractivity contribution is -0.145. The van der Waals surface area contributed by atoms with Gasteiger partial charge >= 0.3 is 0 Å². The van der Waals surface area contributed by atoms with Crippen LogP contribution >= 0.6 is 11.3 Å². The molecule has 38 heavy (non-hydrogen) atoms. The molecule has 1 aliphatic heterocycles. The van der Waals surface area contributed by atoms with E-state index in [9.17, 15) is 14.4 Å². The van der Waals surface area contributed by atoms with Crippen LogP contribution in [0.2, 0.25) is 0 Å². The Morgan fingerprint density at radius 2 is 1.84 bits per heavy atom. The van der Waals surface area contributed by atoms with E-state index in [0.717, 1.165) is 29.6 Å². The van der Waals surface area contributed by atoms with E-state index >= 15 is 0 Å². The maximum absolute atomic E-state index is 13.5. The molecular formula is C28H34N6O3S. The van der Waals surface area contributed by atoms with Gasteiger partial charge in [-0.25, -0.2) is 9.99 Å². The van der Waals surface area contributed by atoms with Crippen LogP contribution in [-0.4, -0.2) is 72.9 Å². The molecule has 0 aliphatic carbocycles. The number of thiazole rings is 1. The Hall–Kier alpha value is -3.60. The number of aryl methyl sites for hydroxylation is 1. The van der Waals surface area contributed by atoms with Gasteiger partial charge in [-0.15, -0.1) is 11.3 Å². The van der Waals surface area contributed by atoms with Crippen molar-refractivity contribution in [1.29, 1.82) is 0 Å². The number of likely N-dealkylation sites (N-methyl/N-ethyl adjacent to an activating group) is 2. The maximum Gasteiger partial charge on any atom is 0.256 e. The van der Waals surface area contributed by atoms with E-state index in [-0.39, 0.29) is 24.9 Å². The summed E-state index contributed by atoms with van der Waals surface area (Å²) in [6.45, 7) is 7.39. The van der Waals surface area contributed by atoms with E-state index in [1.807, 2.05) is 54.1 Å². The van der Waals surface area contributed by atoms with Gasteiger partial charge in [0.1, 0.15) is 10.7 Å². The van der Waals surface area contributed by atoms with Crippen molar-refractivity contribution in [2.24, 2.45) is 0 Å². The number of hydrazine groups is 1. The summed E-state index contributed by atoms with van der Waals surface area (Å²) in [7, 11) is 1.78. The molecule has 0 fully saturated rings. The van der Waals surface area contributed by atoms with E-state index < -0.39 is 0 Å². The van der Waals surface area contributed by atoms with Crippen molar-refractivity contribution in [3.63, 3.8) is 0 Å². The van der Waals surface area contributed by atoms with Gasteiger partial charge in [-0.05, 0) is 36.2 Å². The number of hydrogen-bond acceptors (Lipinski definition) is 8. The predicted molar refractivity (Wildman–Crippen MR) is 150 cm³/mol. The molecule has 0 unspecified atom stereocenters. The van der Waals surface area contributed by atoms with Gasteiger partial charge in [0, 0.05) is 49.9 Å². The zero-order chi connectivity index (χ0) is 27.1. The van der Waals surface area contributed by atoms with Crippen molar-refractivity contribution < 1.29 is 14.4 Å². The molecule has 0 saturated carbocycles. The highest BCUT2D eigenvalue weighted by Gasteiger charge is 2.27. The van der Waals surface area contributed by atoms with Crippen molar-refractivity contribution in [3.8, 4) is 10.6 Å². The first-order chi connectivity index (χ1) is 18.4. The molecule has 0 bridgehead atoms. The van der Waals surface area contributed by atoms with Gasteiger partial charge in [0.15, 0.2) is 6.29 Å². The fraction of sp³-hybridized carbons (Fsp3) is 0.357. The summed E-state index contributed by atoms with van der Waals surface area (Å²) in [5.74, 6) is -0.269. The Balaban J connectivity index is 1.54. The summed E-state index contributed by atoms with van der Waals surface area (Å²) < 4.78 is 0. The van der Waals surface area contributed by atoms with Crippen LogP contribution in [0.15, 0.2) is 47.8 Å². The molecule has 2 heterocycles. The van der Waals surface area contributed by atoms with Crippen molar-refractivity contribution in [2.45, 2.75) is 26.9 Å². The minimum Gasteiger partial charge on any atom is -0.353 e. The van der Waals surface area contributed by atoms with E-state index in [1.165, 1.54) is 22.5 Å². The van der Waals surface area contributed by atoms with Gasteiger partial charge < -0.3 is 15.5 Å². The monoisotopic (exact) mass is 534 g/mol. The third kappa shape index (κ3) is 6.63. The summed E-state index contributed by atoms with van der Waals surface area (Å²) >= 11 is 1.38. The standard InChI is InChI=1S/C28H34N6O3S/c1-4-29-11-12-30-26(36)16-33(17-27(37)32(3)34-14-22-7-5-6-8-23(22)15-34)25-13-21(10-9-20(25)2)28-31-24(18-35)19-38-28/h5-10,13,18-19,29H,4,11-12,14-17H2,1-3H3,(H,30,36). The van der Waals surface area contributed by atoms with Gasteiger partial charge in [0.05, 0.1) is 13.1 Å². The SMILES string of the molecule is CCNCCNC(=O)CN(CC(=O)N(C)N1Cc2ccccc2C1)c1cc(-c2nc(C=O)cs2)ccc1C. The molecule has 1 aromatic heterocycles. The molecule has 2 amide bonds. The van der Waals surface area contributed by atoms with Gasteiger partial charge in [-0.1, -0.05) is 43.3 Å². The average Bonchev–Trinajstić information content (AvgIpc) is 3.58. The number of nitrogens with zero attached hydrogens (tertiary/aromatic N) is 4. The molecule has 3 aromatic rings. The highest BCUT2D eigenvalue weighted by atomic mass is 32.1. The summed E-state index contributed by atoms with van der Waals surface area (Å²) in [6, 6.07) is 14.0. The molecule has 2 aromatic carbocycles. The third-order valence-electron chi connectivity index (χ3n) is 6.58. The van der Waals surface area contributed by atoms with Crippen molar-refractivity contribution in [3.05, 3.63) is 70.2 Å². The molecule has 9 nitrogen and oxygen atoms in total. The van der Waals surface area contributed by atoms with E-state index in [1.54, 1.807) is 17.4 Å². The van der Waals surface area contributed by atoms with Crippen LogP contribution in [0.5, 0.6) is 0 Å². The van der Waals surface area contributed by atoms with Gasteiger partial charge in [0.25, 0.3) is 5.91 Å². The number of anilines is 1. The minimum atomic E-state index is -0.158. The van der Waals surface area contributed by atoms with Crippen molar-refractivity contribution in [2.75, 3.05) is 44.7 Å². The predicted octanol–water partition coefficient (Wildman–Crippen LogP) is 2.85. The molecule has 0 atom stereocenters. The first-order valence-corrected chi connectivity index (χ1v) is 13.6. The number of aldehydes is 1. The zero-order valence-corrected chi connectivity index (χ0v) is 22.9.